The minimum absolute atomic E-state index is 0.206. The van der Waals surface area contributed by atoms with Crippen LogP contribution in [0.5, 0.6) is 0 Å². The monoisotopic (exact) mass is 291 g/mol. The van der Waals surface area contributed by atoms with Gasteiger partial charge in [-0.15, -0.1) is 0 Å². The van der Waals surface area contributed by atoms with Gasteiger partial charge in [0.1, 0.15) is 0 Å². The molecule has 116 valence electrons. The fraction of sp³-hybridized carbons (Fsp3) is 0.625. The third-order valence-corrected chi connectivity index (χ3v) is 4.21. The Kier molecular flexibility index (Phi) is 4.96. The Hall–Kier alpha value is -1.46. The number of hydrogen-bond acceptors (Lipinski definition) is 4. The summed E-state index contributed by atoms with van der Waals surface area (Å²) < 4.78 is 0. The van der Waals surface area contributed by atoms with E-state index in [0.717, 1.165) is 31.5 Å². The van der Waals surface area contributed by atoms with E-state index in [9.17, 15) is 10.1 Å². The summed E-state index contributed by atoms with van der Waals surface area (Å²) in [6.07, 6.45) is 2.19. The van der Waals surface area contributed by atoms with Crippen LogP contribution in [0.1, 0.15) is 39.2 Å². The molecule has 1 fully saturated rings. The molecule has 21 heavy (non-hydrogen) atoms. The number of nitro benzene ring substituents is 1. The molecule has 1 heterocycles. The van der Waals surface area contributed by atoms with Gasteiger partial charge < -0.3 is 5.32 Å². The minimum atomic E-state index is -0.306. The van der Waals surface area contributed by atoms with Gasteiger partial charge in [-0.2, -0.15) is 0 Å². The van der Waals surface area contributed by atoms with E-state index < -0.39 is 0 Å². The summed E-state index contributed by atoms with van der Waals surface area (Å²) >= 11 is 0. The molecular weight excluding hydrogens is 266 g/mol. The smallest absolute Gasteiger partial charge is 0.273 e. The van der Waals surface area contributed by atoms with Gasteiger partial charge in [0.15, 0.2) is 0 Å². The first-order valence-electron chi connectivity index (χ1n) is 7.58. The molecule has 0 bridgehead atoms. The molecule has 0 saturated carbocycles. The summed E-state index contributed by atoms with van der Waals surface area (Å²) in [6.45, 7) is 9.46. The molecule has 1 aromatic carbocycles. The van der Waals surface area contributed by atoms with E-state index in [-0.39, 0.29) is 16.1 Å². The number of hydrogen-bond donors (Lipinski definition) is 1. The number of para-hydroxylation sites is 1. The Labute approximate surface area is 126 Å². The van der Waals surface area contributed by atoms with Crippen LogP contribution in [0.3, 0.4) is 0 Å². The van der Waals surface area contributed by atoms with E-state index >= 15 is 0 Å². The van der Waals surface area contributed by atoms with Gasteiger partial charge in [-0.3, -0.25) is 15.0 Å². The Bertz CT molecular complexity index is 489. The number of nitrogens with zero attached hydrogens (tertiary/aromatic N) is 2. The van der Waals surface area contributed by atoms with Crippen LogP contribution in [0.15, 0.2) is 24.3 Å². The Morgan fingerprint density at radius 1 is 1.29 bits per heavy atom. The average Bonchev–Trinajstić information content (AvgIpc) is 2.45. The van der Waals surface area contributed by atoms with Gasteiger partial charge in [-0.1, -0.05) is 18.2 Å². The van der Waals surface area contributed by atoms with Crippen LogP contribution in [0.4, 0.5) is 5.69 Å². The number of benzene rings is 1. The lowest BCUT2D eigenvalue weighted by Gasteiger charge is -2.41. The number of nitrogens with one attached hydrogen (secondary N) is 1. The van der Waals surface area contributed by atoms with Crippen molar-refractivity contribution in [2.24, 2.45) is 0 Å². The molecule has 1 N–H and O–H groups in total. The molecule has 5 heteroatoms. The van der Waals surface area contributed by atoms with Crippen LogP contribution < -0.4 is 5.32 Å². The maximum atomic E-state index is 11.0. The highest BCUT2D eigenvalue weighted by atomic mass is 16.6. The molecule has 1 saturated heterocycles. The topological polar surface area (TPSA) is 58.4 Å². The molecule has 0 radical (unpaired) electrons. The predicted molar refractivity (Wildman–Crippen MR) is 84.3 cm³/mol. The average molecular weight is 291 g/mol. The molecule has 0 atom stereocenters. The summed E-state index contributed by atoms with van der Waals surface area (Å²) in [5.41, 5.74) is 1.20. The number of likely N-dealkylation sites (tertiary alicyclic amines) is 1. The SMILES string of the molecule is CC(C)(C)N1CCC(NCc2ccccc2[N+](=O)[O-])CC1. The second-order valence-corrected chi connectivity index (χ2v) is 6.70. The molecule has 0 unspecified atom stereocenters. The summed E-state index contributed by atoms with van der Waals surface area (Å²) in [6, 6.07) is 7.41. The first kappa shape index (κ1) is 15.9. The van der Waals surface area contributed by atoms with Crippen LogP contribution in [-0.2, 0) is 6.54 Å². The van der Waals surface area contributed by atoms with Crippen LogP contribution in [-0.4, -0.2) is 34.5 Å². The zero-order chi connectivity index (χ0) is 15.5. The Balaban J connectivity index is 1.87. The van der Waals surface area contributed by atoms with Gasteiger partial charge in [0.05, 0.1) is 4.92 Å². The zero-order valence-electron chi connectivity index (χ0n) is 13.1. The zero-order valence-corrected chi connectivity index (χ0v) is 13.1. The lowest BCUT2D eigenvalue weighted by molar-refractivity contribution is -0.385. The fourth-order valence-corrected chi connectivity index (χ4v) is 2.85. The standard InChI is InChI=1S/C16H25N3O2/c1-16(2,3)18-10-8-14(9-11-18)17-12-13-6-4-5-7-15(13)19(20)21/h4-7,14,17H,8-12H2,1-3H3. The second-order valence-electron chi connectivity index (χ2n) is 6.70. The Morgan fingerprint density at radius 3 is 2.48 bits per heavy atom. The molecule has 0 aliphatic carbocycles. The maximum Gasteiger partial charge on any atom is 0.273 e. The summed E-state index contributed by atoms with van der Waals surface area (Å²) in [4.78, 5) is 13.2. The fourth-order valence-electron chi connectivity index (χ4n) is 2.85. The van der Waals surface area contributed by atoms with Crippen molar-refractivity contribution in [3.63, 3.8) is 0 Å². The van der Waals surface area contributed by atoms with Crippen molar-refractivity contribution in [2.75, 3.05) is 13.1 Å². The summed E-state index contributed by atoms with van der Waals surface area (Å²) in [5, 5.41) is 14.5. The molecule has 1 aromatic rings. The Morgan fingerprint density at radius 2 is 1.90 bits per heavy atom. The molecule has 1 aliphatic rings. The highest BCUT2D eigenvalue weighted by molar-refractivity contribution is 5.39. The molecule has 2 rings (SSSR count). The van der Waals surface area contributed by atoms with Gasteiger partial charge in [0.25, 0.3) is 5.69 Å². The van der Waals surface area contributed by atoms with Crippen LogP contribution in [0.25, 0.3) is 0 Å². The molecule has 1 aliphatic heterocycles. The van der Waals surface area contributed by atoms with Gasteiger partial charge in [0, 0.05) is 42.8 Å². The quantitative estimate of drug-likeness (QED) is 0.684. The van der Waals surface area contributed by atoms with Crippen molar-refractivity contribution in [3.8, 4) is 0 Å². The first-order chi connectivity index (χ1) is 9.88. The summed E-state index contributed by atoms with van der Waals surface area (Å²) in [5.74, 6) is 0. The van der Waals surface area contributed by atoms with Gasteiger partial charge in [0.2, 0.25) is 0 Å². The summed E-state index contributed by atoms with van der Waals surface area (Å²) in [7, 11) is 0. The van der Waals surface area contributed by atoms with E-state index in [1.165, 1.54) is 0 Å². The van der Waals surface area contributed by atoms with E-state index in [2.05, 4.69) is 31.0 Å². The van der Waals surface area contributed by atoms with E-state index in [0.29, 0.717) is 12.6 Å². The van der Waals surface area contributed by atoms with Crippen molar-refractivity contribution in [2.45, 2.75) is 51.7 Å². The molecule has 5 nitrogen and oxygen atoms in total. The predicted octanol–water partition coefficient (Wildman–Crippen LogP) is 2.95. The highest BCUT2D eigenvalue weighted by Crippen LogP contribution is 2.21. The van der Waals surface area contributed by atoms with Crippen molar-refractivity contribution in [1.82, 2.24) is 10.2 Å². The van der Waals surface area contributed by atoms with E-state index in [4.69, 9.17) is 0 Å². The first-order valence-corrected chi connectivity index (χ1v) is 7.58. The number of piperidine rings is 1. The van der Waals surface area contributed by atoms with Crippen molar-refractivity contribution in [3.05, 3.63) is 39.9 Å². The van der Waals surface area contributed by atoms with Crippen molar-refractivity contribution in [1.29, 1.82) is 0 Å². The highest BCUT2D eigenvalue weighted by Gasteiger charge is 2.26. The largest absolute Gasteiger partial charge is 0.310 e. The van der Waals surface area contributed by atoms with Crippen LogP contribution in [0.2, 0.25) is 0 Å². The molecule has 0 amide bonds. The van der Waals surface area contributed by atoms with E-state index in [1.807, 2.05) is 12.1 Å². The maximum absolute atomic E-state index is 11.0. The third-order valence-electron chi connectivity index (χ3n) is 4.21. The van der Waals surface area contributed by atoms with Gasteiger partial charge in [-0.05, 0) is 33.6 Å². The van der Waals surface area contributed by atoms with Crippen molar-refractivity contribution >= 4 is 5.69 Å². The number of nitro groups is 1. The normalized spacial score (nSPS) is 17.9. The number of rotatable bonds is 4. The van der Waals surface area contributed by atoms with Crippen LogP contribution in [0, 0.1) is 10.1 Å². The third kappa shape index (κ3) is 4.25. The lowest BCUT2D eigenvalue weighted by Crippen LogP contribution is -2.49. The van der Waals surface area contributed by atoms with E-state index in [1.54, 1.807) is 12.1 Å². The van der Waals surface area contributed by atoms with Gasteiger partial charge in [-0.25, -0.2) is 0 Å². The lowest BCUT2D eigenvalue weighted by atomic mass is 9.98. The molecule has 0 aromatic heterocycles. The van der Waals surface area contributed by atoms with Gasteiger partial charge >= 0.3 is 0 Å². The molecule has 0 spiro atoms. The van der Waals surface area contributed by atoms with Crippen LogP contribution >= 0.6 is 0 Å². The minimum Gasteiger partial charge on any atom is -0.310 e. The molecular formula is C16H25N3O2. The second kappa shape index (κ2) is 6.54. The van der Waals surface area contributed by atoms with Crippen molar-refractivity contribution < 1.29 is 4.92 Å².